The predicted molar refractivity (Wildman–Crippen MR) is 110 cm³/mol. The fourth-order valence-corrected chi connectivity index (χ4v) is 4.03. The van der Waals surface area contributed by atoms with Crippen LogP contribution < -0.4 is 14.8 Å². The summed E-state index contributed by atoms with van der Waals surface area (Å²) in [5.41, 5.74) is 0.469. The number of ether oxygens (including phenoxy) is 2. The number of anilines is 1. The number of nitrogens with zero attached hydrogens (tertiary/aromatic N) is 4. The van der Waals surface area contributed by atoms with E-state index in [0.717, 1.165) is 6.42 Å². The molecule has 0 saturated carbocycles. The topological polar surface area (TPSA) is 91.2 Å². The molecule has 0 spiro atoms. The minimum absolute atomic E-state index is 0.145. The SMILES string of the molecule is COc1cc(OC)c(NC(=O)CSc2nnnn2CCc2cccs2)cc1Cl. The summed E-state index contributed by atoms with van der Waals surface area (Å²) in [6, 6.07) is 7.30. The second-order valence-electron chi connectivity index (χ2n) is 5.54. The Bertz CT molecular complexity index is 933. The average Bonchev–Trinajstić information content (AvgIpc) is 3.36. The first-order chi connectivity index (χ1) is 13.6. The molecule has 0 unspecified atom stereocenters. The first kappa shape index (κ1) is 20.4. The molecule has 0 aliphatic carbocycles. The third-order valence-electron chi connectivity index (χ3n) is 3.73. The molecule has 3 aromatic rings. The Morgan fingerprint density at radius 3 is 2.86 bits per heavy atom. The highest BCUT2D eigenvalue weighted by molar-refractivity contribution is 7.99. The van der Waals surface area contributed by atoms with Crippen molar-refractivity contribution < 1.29 is 14.3 Å². The van der Waals surface area contributed by atoms with E-state index in [-0.39, 0.29) is 11.7 Å². The minimum atomic E-state index is -0.225. The van der Waals surface area contributed by atoms with Crippen LogP contribution >= 0.6 is 34.7 Å². The molecular formula is C17H18ClN5O3S2. The van der Waals surface area contributed by atoms with Crippen molar-refractivity contribution in [3.63, 3.8) is 0 Å². The largest absolute Gasteiger partial charge is 0.495 e. The van der Waals surface area contributed by atoms with Gasteiger partial charge in [0.05, 0.1) is 37.2 Å². The maximum Gasteiger partial charge on any atom is 0.234 e. The van der Waals surface area contributed by atoms with E-state index in [1.807, 2.05) is 11.4 Å². The summed E-state index contributed by atoms with van der Waals surface area (Å²) in [5, 5.41) is 17.5. The van der Waals surface area contributed by atoms with Crippen LogP contribution in [0.5, 0.6) is 11.5 Å². The molecule has 8 nitrogen and oxygen atoms in total. The van der Waals surface area contributed by atoms with Gasteiger partial charge in [-0.15, -0.1) is 16.4 Å². The zero-order valence-electron chi connectivity index (χ0n) is 15.2. The second-order valence-corrected chi connectivity index (χ2v) is 7.92. The van der Waals surface area contributed by atoms with Gasteiger partial charge >= 0.3 is 0 Å². The summed E-state index contributed by atoms with van der Waals surface area (Å²) in [7, 11) is 3.02. The number of nitrogens with one attached hydrogen (secondary N) is 1. The minimum Gasteiger partial charge on any atom is -0.495 e. The summed E-state index contributed by atoms with van der Waals surface area (Å²) >= 11 is 9.09. The van der Waals surface area contributed by atoms with Crippen molar-refractivity contribution in [2.45, 2.75) is 18.1 Å². The van der Waals surface area contributed by atoms with Crippen molar-refractivity contribution in [1.29, 1.82) is 0 Å². The van der Waals surface area contributed by atoms with Gasteiger partial charge in [0.2, 0.25) is 11.1 Å². The van der Waals surface area contributed by atoms with Crippen LogP contribution in [0, 0.1) is 0 Å². The third kappa shape index (κ3) is 5.15. The summed E-state index contributed by atoms with van der Waals surface area (Å²) in [5.74, 6) is 0.847. The number of halogens is 1. The van der Waals surface area contributed by atoms with Crippen molar-refractivity contribution in [3.8, 4) is 11.5 Å². The Balaban J connectivity index is 1.58. The molecule has 1 aromatic carbocycles. The molecule has 0 saturated heterocycles. The van der Waals surface area contributed by atoms with Crippen LogP contribution in [0.4, 0.5) is 5.69 Å². The first-order valence-corrected chi connectivity index (χ1v) is 10.5. The summed E-state index contributed by atoms with van der Waals surface area (Å²) < 4.78 is 12.1. The molecule has 1 amide bonds. The lowest BCUT2D eigenvalue weighted by atomic mass is 10.2. The van der Waals surface area contributed by atoms with E-state index in [1.54, 1.807) is 28.2 Å². The number of thiophene rings is 1. The van der Waals surface area contributed by atoms with Crippen molar-refractivity contribution in [1.82, 2.24) is 20.2 Å². The number of hydrogen-bond donors (Lipinski definition) is 1. The van der Waals surface area contributed by atoms with E-state index in [4.69, 9.17) is 21.1 Å². The number of carbonyl (C=O) groups is 1. The fourth-order valence-electron chi connectivity index (χ4n) is 2.39. The lowest BCUT2D eigenvalue weighted by Crippen LogP contribution is -2.15. The Kier molecular flexibility index (Phi) is 7.12. The summed E-state index contributed by atoms with van der Waals surface area (Å²) in [4.78, 5) is 13.6. The van der Waals surface area contributed by atoms with Crippen LogP contribution in [0.25, 0.3) is 0 Å². The molecule has 0 aliphatic rings. The number of aryl methyl sites for hydroxylation is 2. The number of carbonyl (C=O) groups excluding carboxylic acids is 1. The van der Waals surface area contributed by atoms with Crippen molar-refractivity contribution in [3.05, 3.63) is 39.5 Å². The van der Waals surface area contributed by atoms with Crippen LogP contribution in [0.3, 0.4) is 0 Å². The van der Waals surface area contributed by atoms with Gasteiger partial charge in [0.15, 0.2) is 0 Å². The summed E-state index contributed by atoms with van der Waals surface area (Å²) in [6.07, 6.45) is 0.837. The maximum atomic E-state index is 12.4. The van der Waals surface area contributed by atoms with Gasteiger partial charge < -0.3 is 14.8 Å². The van der Waals surface area contributed by atoms with Gasteiger partial charge in [0.25, 0.3) is 0 Å². The van der Waals surface area contributed by atoms with Gasteiger partial charge in [-0.25, -0.2) is 4.68 Å². The monoisotopic (exact) mass is 439 g/mol. The molecule has 148 valence electrons. The van der Waals surface area contributed by atoms with Gasteiger partial charge in [0, 0.05) is 17.4 Å². The summed E-state index contributed by atoms with van der Waals surface area (Å²) in [6.45, 7) is 0.652. The zero-order chi connectivity index (χ0) is 19.9. The molecule has 28 heavy (non-hydrogen) atoms. The van der Waals surface area contributed by atoms with Crippen LogP contribution in [0.1, 0.15) is 4.88 Å². The average molecular weight is 440 g/mol. The normalized spacial score (nSPS) is 10.7. The van der Waals surface area contributed by atoms with E-state index < -0.39 is 0 Å². The van der Waals surface area contributed by atoms with Crippen molar-refractivity contribution in [2.24, 2.45) is 0 Å². The zero-order valence-corrected chi connectivity index (χ0v) is 17.6. The van der Waals surface area contributed by atoms with E-state index >= 15 is 0 Å². The number of rotatable bonds is 9. The lowest BCUT2D eigenvalue weighted by molar-refractivity contribution is -0.113. The Morgan fingerprint density at radius 1 is 1.32 bits per heavy atom. The highest BCUT2D eigenvalue weighted by Crippen LogP contribution is 2.36. The molecular weight excluding hydrogens is 422 g/mol. The number of benzene rings is 1. The number of thioether (sulfide) groups is 1. The molecule has 0 fully saturated rings. The first-order valence-electron chi connectivity index (χ1n) is 8.23. The van der Waals surface area contributed by atoms with E-state index in [2.05, 4.69) is 26.9 Å². The van der Waals surface area contributed by atoms with E-state index in [9.17, 15) is 4.79 Å². The van der Waals surface area contributed by atoms with Gasteiger partial charge in [-0.3, -0.25) is 4.79 Å². The second kappa shape index (κ2) is 9.76. The molecule has 0 aliphatic heterocycles. The highest BCUT2D eigenvalue weighted by Gasteiger charge is 2.14. The number of methoxy groups -OCH3 is 2. The lowest BCUT2D eigenvalue weighted by Gasteiger charge is -2.13. The van der Waals surface area contributed by atoms with Crippen molar-refractivity contribution in [2.75, 3.05) is 25.3 Å². The molecule has 11 heteroatoms. The molecule has 3 rings (SSSR count). The molecule has 0 bridgehead atoms. The smallest absolute Gasteiger partial charge is 0.234 e. The molecule has 1 N–H and O–H groups in total. The van der Waals surface area contributed by atoms with E-state index in [0.29, 0.717) is 33.9 Å². The molecule has 0 radical (unpaired) electrons. The predicted octanol–water partition coefficient (Wildman–Crippen LogP) is 3.38. The van der Waals surface area contributed by atoms with Crippen LogP contribution in [0.2, 0.25) is 5.02 Å². The van der Waals surface area contributed by atoms with Crippen LogP contribution in [0.15, 0.2) is 34.8 Å². The van der Waals surface area contributed by atoms with Gasteiger partial charge in [-0.05, 0) is 27.9 Å². The quantitative estimate of drug-likeness (QED) is 0.511. The van der Waals surface area contributed by atoms with Gasteiger partial charge in [-0.1, -0.05) is 29.4 Å². The number of tetrazole rings is 1. The highest BCUT2D eigenvalue weighted by atomic mass is 35.5. The van der Waals surface area contributed by atoms with Crippen LogP contribution in [-0.2, 0) is 17.8 Å². The standard InChI is InChI=1S/C17H18ClN5O3S2/c1-25-14-9-15(26-2)13(8-12(14)18)19-16(24)10-28-17-20-21-22-23(17)6-5-11-4-3-7-27-11/h3-4,7-9H,5-6,10H2,1-2H3,(H,19,24). The Morgan fingerprint density at radius 2 is 2.14 bits per heavy atom. The van der Waals surface area contributed by atoms with Gasteiger partial charge in [-0.2, -0.15) is 0 Å². The fraction of sp³-hybridized carbons (Fsp3) is 0.294. The number of aromatic nitrogens is 4. The number of hydrogen-bond acceptors (Lipinski definition) is 8. The molecule has 2 heterocycles. The molecule has 2 aromatic heterocycles. The Hall–Kier alpha value is -2.30. The maximum absolute atomic E-state index is 12.4. The number of amides is 1. The molecule has 0 atom stereocenters. The van der Waals surface area contributed by atoms with Crippen molar-refractivity contribution >= 4 is 46.3 Å². The van der Waals surface area contributed by atoms with Gasteiger partial charge in [0.1, 0.15) is 11.5 Å². The third-order valence-corrected chi connectivity index (χ3v) is 5.92. The van der Waals surface area contributed by atoms with E-state index in [1.165, 1.54) is 30.9 Å². The van der Waals surface area contributed by atoms with Crippen LogP contribution in [-0.4, -0.2) is 46.1 Å². The Labute approximate surface area is 175 Å².